The molecule has 0 saturated heterocycles. The molecule has 106 valence electrons. The molecule has 0 unspecified atom stereocenters. The summed E-state index contributed by atoms with van der Waals surface area (Å²) in [5.74, 6) is -0.118. The Morgan fingerprint density at radius 2 is 2.20 bits per heavy atom. The lowest BCUT2D eigenvalue weighted by Gasteiger charge is -2.11. The quantitative estimate of drug-likeness (QED) is 0.773. The number of halogens is 2. The van der Waals surface area contributed by atoms with Gasteiger partial charge in [-0.1, -0.05) is 39.7 Å². The van der Waals surface area contributed by atoms with Crippen LogP contribution in [-0.2, 0) is 6.54 Å². The summed E-state index contributed by atoms with van der Waals surface area (Å²) in [5.41, 5.74) is 1.03. The lowest BCUT2D eigenvalue weighted by Crippen LogP contribution is -2.21. The average Bonchev–Trinajstić information content (AvgIpc) is 2.76. The van der Waals surface area contributed by atoms with E-state index < -0.39 is 0 Å². The molecule has 1 aromatic heterocycles. The van der Waals surface area contributed by atoms with E-state index in [9.17, 15) is 4.79 Å². The monoisotopic (exact) mass is 355 g/mol. The van der Waals surface area contributed by atoms with Crippen molar-refractivity contribution in [3.8, 4) is 0 Å². The molecule has 0 fully saturated rings. The number of carbonyl (C=O) groups excluding carboxylic acids is 1. The van der Waals surface area contributed by atoms with Crippen molar-refractivity contribution in [2.24, 2.45) is 0 Å². The first kappa shape index (κ1) is 15.2. The molecule has 1 aromatic carbocycles. The second-order valence-corrected chi connectivity index (χ2v) is 6.03. The van der Waals surface area contributed by atoms with E-state index in [1.165, 1.54) is 6.20 Å². The molecule has 20 heavy (non-hydrogen) atoms. The van der Waals surface area contributed by atoms with Gasteiger partial charge in [0, 0.05) is 16.6 Å². The Morgan fingerprint density at radius 1 is 1.45 bits per heavy atom. The number of benzene rings is 1. The first-order valence-electron chi connectivity index (χ1n) is 6.15. The number of nitrogens with zero attached hydrogens (tertiary/aromatic N) is 3. The highest BCUT2D eigenvalue weighted by molar-refractivity contribution is 9.10. The fourth-order valence-electron chi connectivity index (χ4n) is 1.82. The molecule has 4 nitrogen and oxygen atoms in total. The van der Waals surface area contributed by atoms with Crippen LogP contribution in [0.1, 0.15) is 16.1 Å². The molecular weight excluding hydrogens is 342 g/mol. The van der Waals surface area contributed by atoms with Gasteiger partial charge < -0.3 is 4.90 Å². The molecule has 6 heteroatoms. The van der Waals surface area contributed by atoms with Gasteiger partial charge in [0.15, 0.2) is 0 Å². The Morgan fingerprint density at radius 3 is 2.85 bits per heavy atom. The van der Waals surface area contributed by atoms with Crippen LogP contribution in [0.25, 0.3) is 0 Å². The summed E-state index contributed by atoms with van der Waals surface area (Å²) in [6.07, 6.45) is 1.52. The minimum Gasteiger partial charge on any atom is -0.308 e. The highest BCUT2D eigenvalue weighted by atomic mass is 79.9. The van der Waals surface area contributed by atoms with Crippen LogP contribution in [0.5, 0.6) is 0 Å². The minimum absolute atomic E-state index is 0.118. The maximum Gasteiger partial charge on any atom is 0.212 e. The number of likely N-dealkylation sites (N-methyl/N-ethyl adjacent to an activating group) is 1. The van der Waals surface area contributed by atoms with Gasteiger partial charge in [0.1, 0.15) is 5.69 Å². The molecule has 0 aliphatic heterocycles. The van der Waals surface area contributed by atoms with Crippen LogP contribution in [0.3, 0.4) is 0 Å². The molecule has 2 aromatic rings. The van der Waals surface area contributed by atoms with Gasteiger partial charge in [-0.2, -0.15) is 5.10 Å². The zero-order valence-electron chi connectivity index (χ0n) is 11.3. The van der Waals surface area contributed by atoms with Crippen molar-refractivity contribution in [3.05, 3.63) is 51.2 Å². The van der Waals surface area contributed by atoms with Crippen LogP contribution in [0.15, 0.2) is 34.9 Å². The Kier molecular flexibility index (Phi) is 4.96. The molecule has 0 spiro atoms. The summed E-state index contributed by atoms with van der Waals surface area (Å²) in [4.78, 5) is 14.6. The van der Waals surface area contributed by atoms with Gasteiger partial charge in [-0.15, -0.1) is 0 Å². The molecule has 0 bridgehead atoms. The summed E-state index contributed by atoms with van der Waals surface area (Å²) in [6.45, 7) is 1.41. The van der Waals surface area contributed by atoms with Gasteiger partial charge >= 0.3 is 0 Å². The van der Waals surface area contributed by atoms with Gasteiger partial charge in [-0.3, -0.25) is 9.48 Å². The molecule has 0 saturated carbocycles. The third-order valence-electron chi connectivity index (χ3n) is 2.86. The second kappa shape index (κ2) is 6.52. The molecule has 0 aliphatic carbocycles. The lowest BCUT2D eigenvalue weighted by molar-refractivity contribution is 0.102. The van der Waals surface area contributed by atoms with Gasteiger partial charge in [0.2, 0.25) is 5.78 Å². The second-order valence-electron chi connectivity index (χ2n) is 4.71. The number of hydrogen-bond donors (Lipinski definition) is 0. The standard InChI is InChI=1S/C14H15BrClN3O/c1-18(2)6-7-19-13(12(16)9-17-19)14(20)10-4-3-5-11(15)8-10/h3-5,8-9H,6-7H2,1-2H3. The van der Waals surface area contributed by atoms with Crippen molar-refractivity contribution >= 4 is 33.3 Å². The van der Waals surface area contributed by atoms with E-state index in [1.807, 2.05) is 31.1 Å². The smallest absolute Gasteiger partial charge is 0.212 e. The van der Waals surface area contributed by atoms with E-state index in [2.05, 4.69) is 21.0 Å². The van der Waals surface area contributed by atoms with Crippen molar-refractivity contribution in [1.82, 2.24) is 14.7 Å². The summed E-state index contributed by atoms with van der Waals surface area (Å²) >= 11 is 9.48. The third kappa shape index (κ3) is 3.48. The van der Waals surface area contributed by atoms with Crippen LogP contribution in [0, 0.1) is 0 Å². The topological polar surface area (TPSA) is 38.1 Å². The van der Waals surface area contributed by atoms with Crippen molar-refractivity contribution in [2.45, 2.75) is 6.54 Å². The van der Waals surface area contributed by atoms with E-state index in [0.29, 0.717) is 22.8 Å². The first-order valence-corrected chi connectivity index (χ1v) is 7.32. The summed E-state index contributed by atoms with van der Waals surface area (Å²) < 4.78 is 2.52. The molecular formula is C14H15BrClN3O. The van der Waals surface area contributed by atoms with Crippen molar-refractivity contribution in [2.75, 3.05) is 20.6 Å². The Balaban J connectivity index is 2.32. The Hall–Kier alpha value is -1.17. The van der Waals surface area contributed by atoms with E-state index >= 15 is 0 Å². The number of hydrogen-bond acceptors (Lipinski definition) is 3. The van der Waals surface area contributed by atoms with E-state index in [1.54, 1.807) is 16.8 Å². The van der Waals surface area contributed by atoms with Crippen LogP contribution >= 0.6 is 27.5 Å². The zero-order valence-corrected chi connectivity index (χ0v) is 13.6. The summed E-state index contributed by atoms with van der Waals surface area (Å²) in [5, 5.41) is 4.57. The van der Waals surface area contributed by atoms with Gasteiger partial charge in [0.25, 0.3) is 0 Å². The molecule has 1 heterocycles. The van der Waals surface area contributed by atoms with Crippen LogP contribution in [-0.4, -0.2) is 41.1 Å². The third-order valence-corrected chi connectivity index (χ3v) is 3.63. The molecule has 2 rings (SSSR count). The predicted octanol–water partition coefficient (Wildman–Crippen LogP) is 3.09. The van der Waals surface area contributed by atoms with Crippen molar-refractivity contribution < 1.29 is 4.79 Å². The fraction of sp³-hybridized carbons (Fsp3) is 0.286. The molecule has 0 aliphatic rings. The number of rotatable bonds is 5. The molecule has 0 amide bonds. The van der Waals surface area contributed by atoms with Gasteiger partial charge in [-0.25, -0.2) is 0 Å². The predicted molar refractivity (Wildman–Crippen MR) is 83.4 cm³/mol. The number of carbonyl (C=O) groups is 1. The average molecular weight is 357 g/mol. The van der Waals surface area contributed by atoms with Crippen molar-refractivity contribution in [1.29, 1.82) is 0 Å². The van der Waals surface area contributed by atoms with Gasteiger partial charge in [-0.05, 0) is 26.2 Å². The van der Waals surface area contributed by atoms with Crippen molar-refractivity contribution in [3.63, 3.8) is 0 Å². The molecule has 0 radical (unpaired) electrons. The number of ketones is 1. The molecule has 0 N–H and O–H groups in total. The lowest BCUT2D eigenvalue weighted by atomic mass is 10.1. The van der Waals surface area contributed by atoms with Gasteiger partial charge in [0.05, 0.1) is 17.8 Å². The number of aromatic nitrogens is 2. The Bertz CT molecular complexity index is 625. The Labute approximate surface area is 131 Å². The summed E-state index contributed by atoms with van der Waals surface area (Å²) in [6, 6.07) is 7.25. The fourth-order valence-corrected chi connectivity index (χ4v) is 2.45. The maximum atomic E-state index is 12.6. The first-order chi connectivity index (χ1) is 9.49. The highest BCUT2D eigenvalue weighted by Gasteiger charge is 2.19. The largest absolute Gasteiger partial charge is 0.308 e. The minimum atomic E-state index is -0.118. The summed E-state index contributed by atoms with van der Waals surface area (Å²) in [7, 11) is 3.95. The molecule has 0 atom stereocenters. The van der Waals surface area contributed by atoms with Crippen LogP contribution in [0.2, 0.25) is 5.02 Å². The zero-order chi connectivity index (χ0) is 14.7. The maximum absolute atomic E-state index is 12.6. The van der Waals surface area contributed by atoms with E-state index in [-0.39, 0.29) is 5.78 Å². The van der Waals surface area contributed by atoms with E-state index in [0.717, 1.165) is 11.0 Å². The normalized spacial score (nSPS) is 11.1. The van der Waals surface area contributed by atoms with Crippen LogP contribution < -0.4 is 0 Å². The highest BCUT2D eigenvalue weighted by Crippen LogP contribution is 2.21. The van der Waals surface area contributed by atoms with Crippen LogP contribution in [0.4, 0.5) is 0 Å². The van der Waals surface area contributed by atoms with E-state index in [4.69, 9.17) is 11.6 Å². The SMILES string of the molecule is CN(C)CCn1ncc(Cl)c1C(=O)c1cccc(Br)c1.